The monoisotopic (exact) mass is 298 g/mol. The minimum Gasteiger partial charge on any atom is -0.333 e. The summed E-state index contributed by atoms with van der Waals surface area (Å²) in [4.78, 5) is 15.2. The molecule has 0 saturated heterocycles. The second-order valence-electron chi connectivity index (χ2n) is 4.46. The van der Waals surface area contributed by atoms with Gasteiger partial charge in [0.2, 0.25) is 5.91 Å². The van der Waals surface area contributed by atoms with Gasteiger partial charge in [-0.15, -0.1) is 17.9 Å². The SMILES string of the molecule is C=CCN(Cc1cccs1)C(=O)CSCCC(C)N. The first-order valence-corrected chi connectivity index (χ1v) is 8.41. The molecule has 5 heteroatoms. The van der Waals surface area contributed by atoms with Crippen LogP contribution in [0.2, 0.25) is 0 Å². The maximum absolute atomic E-state index is 12.1. The van der Waals surface area contributed by atoms with Crippen molar-refractivity contribution in [3.63, 3.8) is 0 Å². The topological polar surface area (TPSA) is 46.3 Å². The number of carbonyl (C=O) groups is 1. The van der Waals surface area contributed by atoms with E-state index in [1.165, 1.54) is 4.88 Å². The van der Waals surface area contributed by atoms with E-state index in [0.29, 0.717) is 18.8 Å². The molecule has 1 rings (SSSR count). The van der Waals surface area contributed by atoms with Gasteiger partial charge in [0, 0.05) is 17.5 Å². The number of rotatable bonds is 9. The quantitative estimate of drug-likeness (QED) is 0.563. The van der Waals surface area contributed by atoms with Gasteiger partial charge in [-0.1, -0.05) is 12.1 Å². The summed E-state index contributed by atoms with van der Waals surface area (Å²) in [6.45, 7) is 6.99. The van der Waals surface area contributed by atoms with E-state index in [1.54, 1.807) is 29.2 Å². The fraction of sp³-hybridized carbons (Fsp3) is 0.500. The van der Waals surface area contributed by atoms with E-state index < -0.39 is 0 Å². The smallest absolute Gasteiger partial charge is 0.233 e. The van der Waals surface area contributed by atoms with Crippen molar-refractivity contribution >= 4 is 29.0 Å². The number of nitrogens with two attached hydrogens (primary N) is 1. The molecule has 0 spiro atoms. The summed E-state index contributed by atoms with van der Waals surface area (Å²) in [5.74, 6) is 1.62. The molecular formula is C14H22N2OS2. The molecule has 0 aromatic carbocycles. The Morgan fingerprint density at radius 1 is 1.68 bits per heavy atom. The predicted octanol–water partition coefficient (Wildman–Crippen LogP) is 2.73. The molecule has 0 saturated carbocycles. The molecule has 1 atom stereocenters. The maximum Gasteiger partial charge on any atom is 0.233 e. The van der Waals surface area contributed by atoms with Gasteiger partial charge < -0.3 is 10.6 Å². The molecule has 0 bridgehead atoms. The highest BCUT2D eigenvalue weighted by Gasteiger charge is 2.13. The standard InChI is InChI=1S/C14H22N2OS2/c1-3-7-16(10-13-5-4-8-19-13)14(17)11-18-9-6-12(2)15/h3-5,8,12H,1,6-7,9-11,15H2,2H3. The largest absolute Gasteiger partial charge is 0.333 e. The molecule has 0 radical (unpaired) electrons. The van der Waals surface area contributed by atoms with E-state index in [-0.39, 0.29) is 11.9 Å². The summed E-state index contributed by atoms with van der Waals surface area (Å²) in [7, 11) is 0. The van der Waals surface area contributed by atoms with E-state index in [9.17, 15) is 4.79 Å². The molecule has 1 aromatic heterocycles. The van der Waals surface area contributed by atoms with Crippen LogP contribution in [0.15, 0.2) is 30.2 Å². The molecule has 3 nitrogen and oxygen atoms in total. The third-order valence-corrected chi connectivity index (χ3v) is 4.41. The molecule has 0 aliphatic heterocycles. The first-order chi connectivity index (χ1) is 9.13. The third-order valence-electron chi connectivity index (χ3n) is 2.57. The van der Waals surface area contributed by atoms with Gasteiger partial charge in [0.05, 0.1) is 12.3 Å². The van der Waals surface area contributed by atoms with Gasteiger partial charge in [-0.25, -0.2) is 0 Å². The van der Waals surface area contributed by atoms with Gasteiger partial charge in [0.1, 0.15) is 0 Å². The van der Waals surface area contributed by atoms with Crippen LogP contribution in [0.5, 0.6) is 0 Å². The minimum absolute atomic E-state index is 0.169. The number of nitrogens with zero attached hydrogens (tertiary/aromatic N) is 1. The molecule has 1 amide bonds. The number of thioether (sulfide) groups is 1. The van der Waals surface area contributed by atoms with Crippen molar-refractivity contribution < 1.29 is 4.79 Å². The lowest BCUT2D eigenvalue weighted by Crippen LogP contribution is -2.32. The van der Waals surface area contributed by atoms with Crippen LogP contribution >= 0.6 is 23.1 Å². The molecule has 19 heavy (non-hydrogen) atoms. The zero-order valence-corrected chi connectivity index (χ0v) is 13.0. The van der Waals surface area contributed by atoms with Gasteiger partial charge in [-0.2, -0.15) is 11.8 Å². The fourth-order valence-electron chi connectivity index (χ4n) is 1.52. The van der Waals surface area contributed by atoms with Crippen LogP contribution in [0.25, 0.3) is 0 Å². The van der Waals surface area contributed by atoms with Crippen LogP contribution in [-0.4, -0.2) is 34.9 Å². The van der Waals surface area contributed by atoms with Crippen LogP contribution < -0.4 is 5.73 Å². The van der Waals surface area contributed by atoms with Crippen LogP contribution in [-0.2, 0) is 11.3 Å². The number of hydrogen-bond donors (Lipinski definition) is 1. The van der Waals surface area contributed by atoms with Crippen molar-refractivity contribution in [1.82, 2.24) is 4.90 Å². The second-order valence-corrected chi connectivity index (χ2v) is 6.60. The van der Waals surface area contributed by atoms with Crippen molar-refractivity contribution in [3.05, 3.63) is 35.0 Å². The van der Waals surface area contributed by atoms with Crippen LogP contribution in [0.4, 0.5) is 0 Å². The summed E-state index contributed by atoms with van der Waals surface area (Å²) in [5, 5.41) is 2.03. The van der Waals surface area contributed by atoms with E-state index >= 15 is 0 Å². The van der Waals surface area contributed by atoms with Crippen molar-refractivity contribution in [2.45, 2.75) is 25.9 Å². The molecule has 0 aliphatic carbocycles. The lowest BCUT2D eigenvalue weighted by molar-refractivity contribution is -0.128. The number of amides is 1. The molecule has 1 unspecified atom stereocenters. The number of hydrogen-bond acceptors (Lipinski definition) is 4. The first-order valence-electron chi connectivity index (χ1n) is 6.38. The Morgan fingerprint density at radius 3 is 3.05 bits per heavy atom. The lowest BCUT2D eigenvalue weighted by atomic mass is 10.3. The molecule has 0 fully saturated rings. The third kappa shape index (κ3) is 6.80. The summed E-state index contributed by atoms with van der Waals surface area (Å²) in [6, 6.07) is 4.27. The summed E-state index contributed by atoms with van der Waals surface area (Å²) in [6.07, 6.45) is 2.72. The van der Waals surface area contributed by atoms with Gasteiger partial charge in [0.15, 0.2) is 0 Å². The highest BCUT2D eigenvalue weighted by atomic mass is 32.2. The number of carbonyl (C=O) groups excluding carboxylic acids is 1. The highest BCUT2D eigenvalue weighted by molar-refractivity contribution is 7.99. The average Bonchev–Trinajstić information content (AvgIpc) is 2.86. The zero-order chi connectivity index (χ0) is 14.1. The Morgan fingerprint density at radius 2 is 2.47 bits per heavy atom. The van der Waals surface area contributed by atoms with Crippen molar-refractivity contribution in [2.24, 2.45) is 5.73 Å². The van der Waals surface area contributed by atoms with E-state index in [2.05, 4.69) is 12.6 Å². The summed E-state index contributed by atoms with van der Waals surface area (Å²) >= 11 is 3.33. The Hall–Kier alpha value is -0.780. The Bertz CT molecular complexity index is 377. The van der Waals surface area contributed by atoms with Crippen LogP contribution in [0.3, 0.4) is 0 Å². The van der Waals surface area contributed by atoms with Crippen LogP contribution in [0, 0.1) is 0 Å². The van der Waals surface area contributed by atoms with Crippen molar-refractivity contribution in [3.8, 4) is 0 Å². The fourth-order valence-corrected chi connectivity index (χ4v) is 3.28. The van der Waals surface area contributed by atoms with Gasteiger partial charge in [0.25, 0.3) is 0 Å². The van der Waals surface area contributed by atoms with E-state index in [0.717, 1.165) is 12.2 Å². The van der Waals surface area contributed by atoms with Crippen molar-refractivity contribution in [1.29, 1.82) is 0 Å². The lowest BCUT2D eigenvalue weighted by Gasteiger charge is -2.20. The molecule has 0 aliphatic rings. The Balaban J connectivity index is 2.37. The minimum atomic E-state index is 0.169. The van der Waals surface area contributed by atoms with Crippen molar-refractivity contribution in [2.75, 3.05) is 18.1 Å². The first kappa shape index (κ1) is 16.3. The Kier molecular flexibility index (Phi) is 7.86. The molecule has 1 aromatic rings. The predicted molar refractivity (Wildman–Crippen MR) is 85.5 cm³/mol. The summed E-state index contributed by atoms with van der Waals surface area (Å²) in [5.41, 5.74) is 5.69. The van der Waals surface area contributed by atoms with Gasteiger partial charge in [-0.05, 0) is 30.5 Å². The molecule has 106 valence electrons. The molecular weight excluding hydrogens is 276 g/mol. The van der Waals surface area contributed by atoms with E-state index in [4.69, 9.17) is 5.73 Å². The Labute approximate surface area is 123 Å². The van der Waals surface area contributed by atoms with Gasteiger partial charge in [-0.3, -0.25) is 4.79 Å². The zero-order valence-electron chi connectivity index (χ0n) is 11.4. The maximum atomic E-state index is 12.1. The number of thiophene rings is 1. The second kappa shape index (κ2) is 9.18. The molecule has 1 heterocycles. The summed E-state index contributed by atoms with van der Waals surface area (Å²) < 4.78 is 0. The normalized spacial score (nSPS) is 12.1. The van der Waals surface area contributed by atoms with Gasteiger partial charge >= 0.3 is 0 Å². The van der Waals surface area contributed by atoms with E-state index in [1.807, 2.05) is 23.3 Å². The average molecular weight is 298 g/mol. The highest BCUT2D eigenvalue weighted by Crippen LogP contribution is 2.13. The molecule has 2 N–H and O–H groups in total. The van der Waals surface area contributed by atoms with Crippen LogP contribution in [0.1, 0.15) is 18.2 Å².